The van der Waals surface area contributed by atoms with Crippen molar-refractivity contribution in [1.82, 2.24) is 0 Å². The third-order valence-electron chi connectivity index (χ3n) is 22.0. The van der Waals surface area contributed by atoms with E-state index >= 15 is 0 Å². The summed E-state index contributed by atoms with van der Waals surface area (Å²) in [6, 6.07) is 0. The van der Waals surface area contributed by atoms with Gasteiger partial charge < -0.3 is 139 Å². The molecule has 28 heteroatoms. The van der Waals surface area contributed by atoms with Gasteiger partial charge in [0, 0.05) is 12.3 Å². The summed E-state index contributed by atoms with van der Waals surface area (Å²) < 4.78 is 74.1. The molecular weight excluding hydrogens is 1130 g/mol. The first-order valence-corrected chi connectivity index (χ1v) is 30.4. The summed E-state index contributed by atoms with van der Waals surface area (Å²) >= 11 is 0. The van der Waals surface area contributed by atoms with Gasteiger partial charge in [-0.3, -0.25) is 0 Å². The second-order valence-electron chi connectivity index (χ2n) is 27.0. The van der Waals surface area contributed by atoms with Gasteiger partial charge >= 0.3 is 0 Å². The first kappa shape index (κ1) is 65.1. The number of aliphatic hydroxyl groups excluding tert-OH is 16. The first-order valence-electron chi connectivity index (χ1n) is 30.4. The minimum Gasteiger partial charge on any atom is -0.394 e. The summed E-state index contributed by atoms with van der Waals surface area (Å²) in [5, 5.41) is 171. The Bertz CT molecular complexity index is 2310. The molecule has 4 aliphatic carbocycles. The van der Waals surface area contributed by atoms with Crippen LogP contribution in [0.3, 0.4) is 0 Å². The Morgan fingerprint density at radius 2 is 1.06 bits per heavy atom. The van der Waals surface area contributed by atoms with Crippen LogP contribution in [0.15, 0.2) is 11.6 Å². The molecule has 0 aromatic rings. The van der Waals surface area contributed by atoms with E-state index in [1.54, 1.807) is 0 Å². The average Bonchev–Trinajstić information content (AvgIpc) is 1.79. The zero-order valence-electron chi connectivity index (χ0n) is 48.5. The summed E-state index contributed by atoms with van der Waals surface area (Å²) in [6.07, 6.45) is -32.8. The van der Waals surface area contributed by atoms with Crippen molar-refractivity contribution in [2.45, 2.75) is 270 Å². The summed E-state index contributed by atoms with van der Waals surface area (Å²) in [5.41, 5.74) is 0.120. The molecular formula is C57H92O28. The Kier molecular flexibility index (Phi) is 19.1. The predicted molar refractivity (Wildman–Crippen MR) is 281 cm³/mol. The number of allylic oxidation sites excluding steroid dienone is 1. The normalized spacial score (nSPS) is 57.0. The molecule has 36 unspecified atom stereocenters. The van der Waals surface area contributed by atoms with Crippen LogP contribution in [-0.4, -0.2) is 292 Å². The SMILES string of the molecule is CC1OC(OC2C(CO)OC(OC3CCC4(C)C(=CCC5C4CCC4(C)C5CC5OC6(CCC(C)(COC7OC(CO)C(O)C(O)C7O)O6)C(C)C54)C3)C(OC3OC(CO)C(O)C(OC4OC(CO)C(O)C(O)C4O)C3O)C2O)C(O)C(O)C1O. The standard InChI is InChI=1S/C57H92O28/c1-21-33-28(84-57(21)13-12-54(3,85-57)20-74-49-41(69)39(67)35(63)29(16-58)77-49)15-27-25-7-6-23-14-24(8-10-55(23,4)26(25)9-11-56(27,33)5)76-53-48(44(72)46(32(19-61)80-53)81-50-42(70)38(66)34(62)22(2)75-50)83-52-45(73)47(37(65)31(18-60)79-52)82-51-43(71)40(68)36(64)30(17-59)78-51/h6,21-22,24-53,58-73H,7-20H2,1-5H3. The van der Waals surface area contributed by atoms with Crippen LogP contribution in [0.5, 0.6) is 0 Å². The van der Waals surface area contributed by atoms with Crippen LogP contribution in [0.1, 0.15) is 92.4 Å². The quantitative estimate of drug-likeness (QED) is 0.0683. The summed E-state index contributed by atoms with van der Waals surface area (Å²) in [6.45, 7) is 7.29. The zero-order valence-corrected chi connectivity index (χ0v) is 48.5. The highest BCUT2D eigenvalue weighted by Gasteiger charge is 2.71. The fourth-order valence-electron chi connectivity index (χ4n) is 17.1. The van der Waals surface area contributed by atoms with Crippen molar-refractivity contribution in [3.63, 3.8) is 0 Å². The lowest BCUT2D eigenvalue weighted by molar-refractivity contribution is -0.398. The molecule has 16 N–H and O–H groups in total. The molecule has 7 saturated heterocycles. The maximum atomic E-state index is 12.4. The molecule has 0 aromatic carbocycles. The zero-order chi connectivity index (χ0) is 61.1. The molecule has 10 fully saturated rings. The van der Waals surface area contributed by atoms with E-state index in [-0.39, 0.29) is 35.4 Å². The van der Waals surface area contributed by atoms with Crippen LogP contribution in [0.2, 0.25) is 0 Å². The van der Waals surface area contributed by atoms with Crippen molar-refractivity contribution in [2.75, 3.05) is 33.0 Å². The van der Waals surface area contributed by atoms with Gasteiger partial charge in [-0.05, 0) is 99.7 Å². The van der Waals surface area contributed by atoms with E-state index in [0.29, 0.717) is 49.9 Å². The molecule has 0 bridgehead atoms. The van der Waals surface area contributed by atoms with Gasteiger partial charge in [0.05, 0.1) is 56.9 Å². The van der Waals surface area contributed by atoms with Gasteiger partial charge in [0.1, 0.15) is 116 Å². The molecule has 0 radical (unpaired) electrons. The second-order valence-corrected chi connectivity index (χ2v) is 27.0. The lowest BCUT2D eigenvalue weighted by Gasteiger charge is -2.58. The number of ether oxygens (including phenoxy) is 12. The van der Waals surface area contributed by atoms with Crippen molar-refractivity contribution < 1.29 is 139 Å². The van der Waals surface area contributed by atoms with Crippen molar-refractivity contribution in [2.24, 2.45) is 40.4 Å². The van der Waals surface area contributed by atoms with Crippen LogP contribution in [0.25, 0.3) is 0 Å². The van der Waals surface area contributed by atoms with E-state index in [1.165, 1.54) is 12.5 Å². The average molecular weight is 1230 g/mol. The molecule has 36 atom stereocenters. The Labute approximate surface area is 491 Å². The second kappa shape index (κ2) is 24.9. The molecule has 0 amide bonds. The van der Waals surface area contributed by atoms with Crippen LogP contribution in [-0.2, 0) is 56.8 Å². The van der Waals surface area contributed by atoms with Crippen LogP contribution in [0, 0.1) is 40.4 Å². The van der Waals surface area contributed by atoms with Crippen molar-refractivity contribution >= 4 is 0 Å². The van der Waals surface area contributed by atoms with E-state index in [4.69, 9.17) is 56.8 Å². The number of rotatable bonds is 15. The molecule has 11 aliphatic rings. The highest BCUT2D eigenvalue weighted by atomic mass is 16.8. The van der Waals surface area contributed by atoms with Crippen molar-refractivity contribution in [3.05, 3.63) is 11.6 Å². The fraction of sp³-hybridized carbons (Fsp3) is 0.965. The Balaban J connectivity index is 0.784. The summed E-state index contributed by atoms with van der Waals surface area (Å²) in [5.74, 6) is 0.444. The Morgan fingerprint density at radius 1 is 0.506 bits per heavy atom. The van der Waals surface area contributed by atoms with Crippen LogP contribution >= 0.6 is 0 Å². The monoisotopic (exact) mass is 1220 g/mol. The first-order chi connectivity index (χ1) is 40.2. The molecule has 28 nitrogen and oxygen atoms in total. The topological polar surface area (TPSA) is 434 Å². The lowest BCUT2D eigenvalue weighted by Crippen LogP contribution is -2.68. The third kappa shape index (κ3) is 11.3. The highest BCUT2D eigenvalue weighted by Crippen LogP contribution is 2.71. The maximum absolute atomic E-state index is 12.4. The molecule has 488 valence electrons. The number of fused-ring (bicyclic) bond motifs is 7. The van der Waals surface area contributed by atoms with Gasteiger partial charge in [-0.2, -0.15) is 0 Å². The Hall–Kier alpha value is -1.38. The van der Waals surface area contributed by atoms with Crippen LogP contribution in [0.4, 0.5) is 0 Å². The number of aliphatic hydroxyl groups is 16. The molecule has 1 spiro atoms. The van der Waals surface area contributed by atoms with Gasteiger partial charge in [-0.1, -0.05) is 32.4 Å². The maximum Gasteiger partial charge on any atom is 0.187 e. The van der Waals surface area contributed by atoms with E-state index in [1.807, 2.05) is 6.92 Å². The van der Waals surface area contributed by atoms with E-state index in [0.717, 1.165) is 25.7 Å². The lowest BCUT2D eigenvalue weighted by atomic mass is 9.47. The molecule has 7 aliphatic heterocycles. The van der Waals surface area contributed by atoms with E-state index < -0.39 is 197 Å². The van der Waals surface area contributed by atoms with Crippen LogP contribution < -0.4 is 0 Å². The molecule has 11 rings (SSSR count). The summed E-state index contributed by atoms with van der Waals surface area (Å²) in [7, 11) is 0. The van der Waals surface area contributed by atoms with Gasteiger partial charge in [0.15, 0.2) is 37.2 Å². The van der Waals surface area contributed by atoms with Gasteiger partial charge in [0.25, 0.3) is 0 Å². The largest absolute Gasteiger partial charge is 0.394 e. The predicted octanol–water partition coefficient (Wildman–Crippen LogP) is -5.02. The molecule has 3 saturated carbocycles. The smallest absolute Gasteiger partial charge is 0.187 e. The fourth-order valence-corrected chi connectivity index (χ4v) is 17.1. The van der Waals surface area contributed by atoms with Crippen molar-refractivity contribution in [1.29, 1.82) is 0 Å². The molecule has 85 heavy (non-hydrogen) atoms. The Morgan fingerprint density at radius 3 is 1.71 bits per heavy atom. The summed E-state index contributed by atoms with van der Waals surface area (Å²) in [4.78, 5) is 0. The molecule has 7 heterocycles. The van der Waals surface area contributed by atoms with Crippen molar-refractivity contribution in [3.8, 4) is 0 Å². The minimum absolute atomic E-state index is 0.0159. The number of hydrogen-bond acceptors (Lipinski definition) is 28. The number of hydrogen-bond donors (Lipinski definition) is 16. The van der Waals surface area contributed by atoms with Gasteiger partial charge in [-0.15, -0.1) is 0 Å². The van der Waals surface area contributed by atoms with E-state index in [9.17, 15) is 81.7 Å². The van der Waals surface area contributed by atoms with E-state index in [2.05, 4.69) is 26.8 Å². The highest BCUT2D eigenvalue weighted by molar-refractivity contribution is 5.27. The van der Waals surface area contributed by atoms with Gasteiger partial charge in [0.2, 0.25) is 0 Å². The molecule has 0 aromatic heterocycles. The third-order valence-corrected chi connectivity index (χ3v) is 22.0. The van der Waals surface area contributed by atoms with Gasteiger partial charge in [-0.25, -0.2) is 0 Å². The minimum atomic E-state index is -2.04.